The third-order valence-electron chi connectivity index (χ3n) is 6.09. The Morgan fingerprint density at radius 2 is 1.93 bits per heavy atom. The molecule has 0 radical (unpaired) electrons. The molecule has 1 amide bonds. The molecule has 1 aliphatic carbocycles. The van der Waals surface area contributed by atoms with Crippen LogP contribution in [-0.2, 0) is 11.2 Å². The number of benzene rings is 2. The molecule has 29 heavy (non-hydrogen) atoms. The molecule has 1 saturated carbocycles. The Balaban J connectivity index is 1.50. The van der Waals surface area contributed by atoms with Crippen LogP contribution in [0.25, 0.3) is 0 Å². The molecule has 154 valence electrons. The van der Waals surface area contributed by atoms with Gasteiger partial charge in [-0.15, -0.1) is 0 Å². The van der Waals surface area contributed by atoms with Gasteiger partial charge in [0, 0.05) is 23.4 Å². The molecular formula is C24H28ClNO3. The Morgan fingerprint density at radius 1 is 1.10 bits per heavy atom. The average Bonchev–Trinajstić information content (AvgIpc) is 3.23. The fourth-order valence-corrected chi connectivity index (χ4v) is 4.72. The van der Waals surface area contributed by atoms with Crippen molar-refractivity contribution in [2.24, 2.45) is 5.92 Å². The molecule has 4 nitrogen and oxygen atoms in total. The van der Waals surface area contributed by atoms with Gasteiger partial charge in [-0.25, -0.2) is 0 Å². The van der Waals surface area contributed by atoms with E-state index in [0.29, 0.717) is 18.0 Å². The molecular weight excluding hydrogens is 386 g/mol. The highest BCUT2D eigenvalue weighted by molar-refractivity contribution is 6.30. The van der Waals surface area contributed by atoms with Crippen molar-refractivity contribution in [3.63, 3.8) is 0 Å². The number of amides is 1. The fraction of sp³-hybridized carbons (Fsp3) is 0.458. The second-order valence-electron chi connectivity index (χ2n) is 8.14. The fourth-order valence-electron chi connectivity index (χ4n) is 4.51. The van der Waals surface area contributed by atoms with E-state index in [1.807, 2.05) is 30.3 Å². The van der Waals surface area contributed by atoms with Gasteiger partial charge >= 0.3 is 0 Å². The standard InChI is InChI=1S/C24H28ClNO3/c1-28-22-10-9-17(14-23(22)29-21-7-2-3-8-21)19-13-18(24(27)26-15-19)11-16-5-4-6-20(25)12-16/h4-6,9-10,12,14,18-19,21H,2-3,7-8,11,13,15H2,1H3,(H,26,27)/t18-,19+/m0/s1. The van der Waals surface area contributed by atoms with Crippen LogP contribution in [0.4, 0.5) is 0 Å². The molecule has 0 spiro atoms. The summed E-state index contributed by atoms with van der Waals surface area (Å²) in [5.74, 6) is 1.91. The average molecular weight is 414 g/mol. The zero-order valence-corrected chi connectivity index (χ0v) is 17.6. The predicted molar refractivity (Wildman–Crippen MR) is 115 cm³/mol. The summed E-state index contributed by atoms with van der Waals surface area (Å²) in [5, 5.41) is 3.80. The second-order valence-corrected chi connectivity index (χ2v) is 8.58. The minimum Gasteiger partial charge on any atom is -0.493 e. The highest BCUT2D eigenvalue weighted by atomic mass is 35.5. The van der Waals surface area contributed by atoms with Gasteiger partial charge in [-0.3, -0.25) is 4.79 Å². The molecule has 2 aromatic carbocycles. The van der Waals surface area contributed by atoms with Gasteiger partial charge in [0.15, 0.2) is 11.5 Å². The lowest BCUT2D eigenvalue weighted by atomic mass is 9.82. The minimum absolute atomic E-state index is 0.0616. The van der Waals surface area contributed by atoms with Crippen molar-refractivity contribution in [1.29, 1.82) is 0 Å². The van der Waals surface area contributed by atoms with Crippen molar-refractivity contribution in [3.8, 4) is 11.5 Å². The summed E-state index contributed by atoms with van der Waals surface area (Å²) >= 11 is 6.11. The van der Waals surface area contributed by atoms with Crippen molar-refractivity contribution in [3.05, 3.63) is 58.6 Å². The normalized spacial score (nSPS) is 22.3. The highest BCUT2D eigenvalue weighted by Gasteiger charge is 2.30. The van der Waals surface area contributed by atoms with Crippen molar-refractivity contribution >= 4 is 17.5 Å². The monoisotopic (exact) mass is 413 g/mol. The van der Waals surface area contributed by atoms with Crippen LogP contribution in [0.1, 0.15) is 49.1 Å². The van der Waals surface area contributed by atoms with E-state index in [4.69, 9.17) is 21.1 Å². The van der Waals surface area contributed by atoms with Crippen molar-refractivity contribution in [1.82, 2.24) is 5.32 Å². The Bertz CT molecular complexity index is 863. The topological polar surface area (TPSA) is 47.6 Å². The number of halogens is 1. The van der Waals surface area contributed by atoms with Crippen LogP contribution >= 0.6 is 11.6 Å². The number of hydrogen-bond acceptors (Lipinski definition) is 3. The van der Waals surface area contributed by atoms with E-state index in [1.54, 1.807) is 7.11 Å². The van der Waals surface area contributed by atoms with Gasteiger partial charge in [0.05, 0.1) is 13.2 Å². The molecule has 1 aliphatic heterocycles. The SMILES string of the molecule is COc1ccc([C@H]2CNC(=O)[C@@H](Cc3cccc(Cl)c3)C2)cc1OC1CCCC1. The van der Waals surface area contributed by atoms with E-state index in [2.05, 4.69) is 17.4 Å². The zero-order valence-electron chi connectivity index (χ0n) is 16.8. The maximum Gasteiger partial charge on any atom is 0.223 e. The Kier molecular flexibility index (Phi) is 6.29. The second kappa shape index (κ2) is 9.08. The molecule has 4 rings (SSSR count). The lowest BCUT2D eigenvalue weighted by Crippen LogP contribution is -2.41. The molecule has 2 fully saturated rings. The Labute approximate surface area is 177 Å². The van der Waals surface area contributed by atoms with E-state index in [-0.39, 0.29) is 23.8 Å². The van der Waals surface area contributed by atoms with Gasteiger partial charge in [-0.2, -0.15) is 0 Å². The van der Waals surface area contributed by atoms with Gasteiger partial charge in [0.25, 0.3) is 0 Å². The summed E-state index contributed by atoms with van der Waals surface area (Å²) < 4.78 is 11.8. The number of carbonyl (C=O) groups excluding carboxylic acids is 1. The van der Waals surface area contributed by atoms with E-state index in [0.717, 1.165) is 36.3 Å². The first kappa shape index (κ1) is 20.1. The van der Waals surface area contributed by atoms with Crippen LogP contribution in [0.5, 0.6) is 11.5 Å². The first-order valence-electron chi connectivity index (χ1n) is 10.5. The summed E-state index contributed by atoms with van der Waals surface area (Å²) in [6, 6.07) is 14.0. The van der Waals surface area contributed by atoms with Crippen molar-refractivity contribution in [2.45, 2.75) is 50.5 Å². The van der Waals surface area contributed by atoms with E-state index in [9.17, 15) is 4.79 Å². The van der Waals surface area contributed by atoms with E-state index < -0.39 is 0 Å². The molecule has 0 aromatic heterocycles. The molecule has 1 saturated heterocycles. The maximum atomic E-state index is 12.5. The molecule has 0 bridgehead atoms. The van der Waals surface area contributed by atoms with Gasteiger partial charge in [0.1, 0.15) is 0 Å². The van der Waals surface area contributed by atoms with Crippen LogP contribution in [0.2, 0.25) is 5.02 Å². The third kappa shape index (κ3) is 4.87. The Morgan fingerprint density at radius 3 is 2.69 bits per heavy atom. The molecule has 0 unspecified atom stereocenters. The molecule has 2 aliphatic rings. The Hall–Kier alpha value is -2.20. The number of piperidine rings is 1. The molecule has 5 heteroatoms. The maximum absolute atomic E-state index is 12.5. The first-order valence-corrected chi connectivity index (χ1v) is 10.9. The molecule has 2 aromatic rings. The van der Waals surface area contributed by atoms with Crippen molar-refractivity contribution in [2.75, 3.05) is 13.7 Å². The molecule has 1 heterocycles. The summed E-state index contributed by atoms with van der Waals surface area (Å²) in [6.45, 7) is 0.653. The smallest absolute Gasteiger partial charge is 0.223 e. The van der Waals surface area contributed by atoms with Crippen LogP contribution in [0, 0.1) is 5.92 Å². The third-order valence-corrected chi connectivity index (χ3v) is 6.32. The van der Waals surface area contributed by atoms with E-state index in [1.165, 1.54) is 18.4 Å². The molecule has 2 atom stereocenters. The quantitative estimate of drug-likeness (QED) is 0.713. The lowest BCUT2D eigenvalue weighted by Gasteiger charge is -2.30. The van der Waals surface area contributed by atoms with Gasteiger partial charge in [-0.1, -0.05) is 29.8 Å². The molecule has 1 N–H and O–H groups in total. The minimum atomic E-state index is -0.0616. The predicted octanol–water partition coefficient (Wildman–Crippen LogP) is 5.13. The summed E-state index contributed by atoms with van der Waals surface area (Å²) in [7, 11) is 1.68. The van der Waals surface area contributed by atoms with Crippen LogP contribution in [-0.4, -0.2) is 25.7 Å². The van der Waals surface area contributed by atoms with Gasteiger partial charge < -0.3 is 14.8 Å². The van der Waals surface area contributed by atoms with Crippen LogP contribution in [0.15, 0.2) is 42.5 Å². The summed E-state index contributed by atoms with van der Waals surface area (Å²) in [5.41, 5.74) is 2.29. The lowest BCUT2D eigenvalue weighted by molar-refractivity contribution is -0.126. The number of ether oxygens (including phenoxy) is 2. The van der Waals surface area contributed by atoms with Crippen LogP contribution in [0.3, 0.4) is 0 Å². The summed E-state index contributed by atoms with van der Waals surface area (Å²) in [6.07, 6.45) is 6.46. The van der Waals surface area contributed by atoms with Crippen molar-refractivity contribution < 1.29 is 14.3 Å². The number of carbonyl (C=O) groups is 1. The van der Waals surface area contributed by atoms with Gasteiger partial charge in [0.2, 0.25) is 5.91 Å². The first-order chi connectivity index (χ1) is 14.1. The number of hydrogen-bond donors (Lipinski definition) is 1. The zero-order chi connectivity index (χ0) is 20.2. The summed E-state index contributed by atoms with van der Waals surface area (Å²) in [4.78, 5) is 12.5. The van der Waals surface area contributed by atoms with E-state index >= 15 is 0 Å². The largest absolute Gasteiger partial charge is 0.493 e. The van der Waals surface area contributed by atoms with Crippen LogP contribution < -0.4 is 14.8 Å². The number of methoxy groups -OCH3 is 1. The van der Waals surface area contributed by atoms with Gasteiger partial charge in [-0.05, 0) is 73.9 Å². The number of rotatable bonds is 6. The highest BCUT2D eigenvalue weighted by Crippen LogP contribution is 2.37. The number of nitrogens with one attached hydrogen (secondary N) is 1.